The zero-order valence-corrected chi connectivity index (χ0v) is 10.6. The van der Waals surface area contributed by atoms with Crippen LogP contribution in [0.3, 0.4) is 0 Å². The lowest BCUT2D eigenvalue weighted by molar-refractivity contribution is -0.154. The monoisotopic (exact) mass is 268 g/mol. The summed E-state index contributed by atoms with van der Waals surface area (Å²) < 4.78 is 9.99. The lowest BCUT2D eigenvalue weighted by atomic mass is 9.80. The Morgan fingerprint density at radius 2 is 2.16 bits per heavy atom. The first kappa shape index (κ1) is 13.5. The van der Waals surface area contributed by atoms with E-state index in [9.17, 15) is 14.7 Å². The highest BCUT2D eigenvalue weighted by Crippen LogP contribution is 2.30. The SMILES string of the molecule is Cc1cnoc1C(=O)NCC1(C(=O)O)CCOCC1. The number of nitrogens with one attached hydrogen (secondary N) is 1. The zero-order valence-electron chi connectivity index (χ0n) is 10.6. The van der Waals surface area contributed by atoms with Gasteiger partial charge in [-0.05, 0) is 19.8 Å². The van der Waals surface area contributed by atoms with Gasteiger partial charge in [-0.2, -0.15) is 0 Å². The summed E-state index contributed by atoms with van der Waals surface area (Å²) in [6, 6.07) is 0. The molecule has 0 atom stereocenters. The number of nitrogens with zero attached hydrogens (tertiary/aromatic N) is 1. The number of hydrogen-bond donors (Lipinski definition) is 2. The van der Waals surface area contributed by atoms with Crippen molar-refractivity contribution in [3.8, 4) is 0 Å². The van der Waals surface area contributed by atoms with E-state index in [1.807, 2.05) is 0 Å². The van der Waals surface area contributed by atoms with Crippen LogP contribution in [-0.2, 0) is 9.53 Å². The molecular weight excluding hydrogens is 252 g/mol. The molecule has 1 amide bonds. The molecule has 1 aliphatic heterocycles. The van der Waals surface area contributed by atoms with E-state index in [0.717, 1.165) is 0 Å². The van der Waals surface area contributed by atoms with Gasteiger partial charge in [-0.25, -0.2) is 0 Å². The van der Waals surface area contributed by atoms with Crippen molar-refractivity contribution in [2.45, 2.75) is 19.8 Å². The standard InChI is InChI=1S/C12H16N2O5/c1-8-6-14-19-9(8)10(15)13-7-12(11(16)17)2-4-18-5-3-12/h6H,2-5,7H2,1H3,(H,13,15)(H,16,17). The van der Waals surface area contributed by atoms with Crippen molar-refractivity contribution < 1.29 is 24.0 Å². The highest BCUT2D eigenvalue weighted by atomic mass is 16.5. The minimum Gasteiger partial charge on any atom is -0.481 e. The third-order valence-electron chi connectivity index (χ3n) is 3.45. The second-order valence-electron chi connectivity index (χ2n) is 4.72. The first-order valence-electron chi connectivity index (χ1n) is 6.06. The van der Waals surface area contributed by atoms with E-state index in [2.05, 4.69) is 10.5 Å². The van der Waals surface area contributed by atoms with Gasteiger partial charge < -0.3 is 19.7 Å². The Kier molecular flexibility index (Phi) is 3.84. The number of ether oxygens (including phenoxy) is 1. The van der Waals surface area contributed by atoms with E-state index >= 15 is 0 Å². The number of amides is 1. The van der Waals surface area contributed by atoms with Crippen molar-refractivity contribution in [1.82, 2.24) is 10.5 Å². The molecular formula is C12H16N2O5. The molecule has 2 heterocycles. The van der Waals surface area contributed by atoms with Crippen LogP contribution in [0.1, 0.15) is 29.0 Å². The third kappa shape index (κ3) is 2.76. The van der Waals surface area contributed by atoms with E-state index in [0.29, 0.717) is 31.6 Å². The first-order chi connectivity index (χ1) is 9.05. The predicted molar refractivity (Wildman–Crippen MR) is 63.7 cm³/mol. The fourth-order valence-corrected chi connectivity index (χ4v) is 2.07. The molecule has 0 spiro atoms. The summed E-state index contributed by atoms with van der Waals surface area (Å²) in [4.78, 5) is 23.3. The average Bonchev–Trinajstić information content (AvgIpc) is 2.83. The quantitative estimate of drug-likeness (QED) is 0.828. The van der Waals surface area contributed by atoms with Crippen LogP contribution in [0.25, 0.3) is 0 Å². The van der Waals surface area contributed by atoms with Gasteiger partial charge in [0.1, 0.15) is 0 Å². The molecule has 0 radical (unpaired) electrons. The topological polar surface area (TPSA) is 102 Å². The number of aliphatic carboxylic acids is 1. The molecule has 0 aliphatic carbocycles. The van der Waals surface area contributed by atoms with Gasteiger partial charge >= 0.3 is 5.97 Å². The number of rotatable bonds is 4. The van der Waals surface area contributed by atoms with Gasteiger partial charge in [0.05, 0.1) is 11.6 Å². The second kappa shape index (κ2) is 5.40. The second-order valence-corrected chi connectivity index (χ2v) is 4.72. The van der Waals surface area contributed by atoms with Crippen LogP contribution in [0.15, 0.2) is 10.7 Å². The largest absolute Gasteiger partial charge is 0.481 e. The minimum absolute atomic E-state index is 0.0602. The zero-order chi connectivity index (χ0) is 13.9. The summed E-state index contributed by atoms with van der Waals surface area (Å²) >= 11 is 0. The third-order valence-corrected chi connectivity index (χ3v) is 3.45. The molecule has 19 heavy (non-hydrogen) atoms. The van der Waals surface area contributed by atoms with Crippen LogP contribution >= 0.6 is 0 Å². The van der Waals surface area contributed by atoms with Gasteiger partial charge in [-0.1, -0.05) is 5.16 Å². The molecule has 0 unspecified atom stereocenters. The number of carboxylic acid groups (broad SMARTS) is 1. The lowest BCUT2D eigenvalue weighted by Crippen LogP contribution is -2.46. The van der Waals surface area contributed by atoms with Crippen LogP contribution in [0.5, 0.6) is 0 Å². The molecule has 1 saturated heterocycles. The minimum atomic E-state index is -0.957. The molecule has 1 aliphatic rings. The summed E-state index contributed by atoms with van der Waals surface area (Å²) in [5.74, 6) is -1.24. The van der Waals surface area contributed by atoms with Crippen LogP contribution in [0, 0.1) is 12.3 Å². The van der Waals surface area contributed by atoms with Crippen molar-refractivity contribution in [3.05, 3.63) is 17.5 Å². The van der Waals surface area contributed by atoms with Crippen LogP contribution < -0.4 is 5.32 Å². The molecule has 104 valence electrons. The van der Waals surface area contributed by atoms with E-state index < -0.39 is 17.3 Å². The molecule has 1 fully saturated rings. The number of carbonyl (C=O) groups is 2. The van der Waals surface area contributed by atoms with E-state index in [4.69, 9.17) is 9.26 Å². The molecule has 0 bridgehead atoms. The fraction of sp³-hybridized carbons (Fsp3) is 0.583. The smallest absolute Gasteiger partial charge is 0.311 e. The van der Waals surface area contributed by atoms with Crippen molar-refractivity contribution >= 4 is 11.9 Å². The molecule has 7 nitrogen and oxygen atoms in total. The maximum Gasteiger partial charge on any atom is 0.311 e. The Morgan fingerprint density at radius 3 is 2.68 bits per heavy atom. The Balaban J connectivity index is 2.02. The van der Waals surface area contributed by atoms with Crippen LogP contribution in [-0.4, -0.2) is 41.9 Å². The van der Waals surface area contributed by atoms with E-state index in [1.54, 1.807) is 6.92 Å². The highest BCUT2D eigenvalue weighted by Gasteiger charge is 2.40. The van der Waals surface area contributed by atoms with Crippen LogP contribution in [0.4, 0.5) is 0 Å². The molecule has 7 heteroatoms. The Hall–Kier alpha value is -1.89. The highest BCUT2D eigenvalue weighted by molar-refractivity contribution is 5.93. The number of carbonyl (C=O) groups excluding carboxylic acids is 1. The summed E-state index contributed by atoms with van der Waals surface area (Å²) in [6.45, 7) is 2.55. The first-order valence-corrected chi connectivity index (χ1v) is 6.06. The van der Waals surface area contributed by atoms with Crippen LogP contribution in [0.2, 0.25) is 0 Å². The Labute approximate surface area is 109 Å². The van der Waals surface area contributed by atoms with Crippen molar-refractivity contribution in [1.29, 1.82) is 0 Å². The molecule has 1 aromatic heterocycles. The van der Waals surface area contributed by atoms with Gasteiger partial charge in [-0.15, -0.1) is 0 Å². The van der Waals surface area contributed by atoms with Gasteiger partial charge in [0.2, 0.25) is 5.76 Å². The summed E-state index contributed by atoms with van der Waals surface area (Å²) in [6.07, 6.45) is 2.21. The van der Waals surface area contributed by atoms with Crippen molar-refractivity contribution in [3.63, 3.8) is 0 Å². The maximum atomic E-state index is 11.9. The Morgan fingerprint density at radius 1 is 1.47 bits per heavy atom. The molecule has 2 N–H and O–H groups in total. The summed E-state index contributed by atoms with van der Waals surface area (Å²) in [5, 5.41) is 15.5. The average molecular weight is 268 g/mol. The number of aryl methyl sites for hydroxylation is 1. The molecule has 1 aromatic rings. The maximum absolute atomic E-state index is 11.9. The summed E-state index contributed by atoms with van der Waals surface area (Å²) in [7, 11) is 0. The van der Waals surface area contributed by atoms with E-state index in [-0.39, 0.29) is 12.3 Å². The van der Waals surface area contributed by atoms with E-state index in [1.165, 1.54) is 6.20 Å². The number of hydrogen-bond acceptors (Lipinski definition) is 5. The molecule has 0 aromatic carbocycles. The predicted octanol–water partition coefficient (Wildman–Crippen LogP) is 0.594. The number of carboxylic acids is 1. The Bertz CT molecular complexity index is 476. The fourth-order valence-electron chi connectivity index (χ4n) is 2.07. The summed E-state index contributed by atoms with van der Waals surface area (Å²) in [5.41, 5.74) is -0.337. The number of aromatic nitrogens is 1. The van der Waals surface area contributed by atoms with Gasteiger partial charge in [0.25, 0.3) is 5.91 Å². The van der Waals surface area contributed by atoms with Crippen molar-refractivity contribution in [2.75, 3.05) is 19.8 Å². The van der Waals surface area contributed by atoms with Gasteiger partial charge in [0, 0.05) is 25.3 Å². The normalized spacial score (nSPS) is 17.9. The van der Waals surface area contributed by atoms with Gasteiger partial charge in [0.15, 0.2) is 0 Å². The molecule has 0 saturated carbocycles. The lowest BCUT2D eigenvalue weighted by Gasteiger charge is -2.32. The van der Waals surface area contributed by atoms with Crippen molar-refractivity contribution in [2.24, 2.45) is 5.41 Å². The molecule has 2 rings (SSSR count). The van der Waals surface area contributed by atoms with Gasteiger partial charge in [-0.3, -0.25) is 9.59 Å².